The molecule has 124 valence electrons. The van der Waals surface area contributed by atoms with Crippen LogP contribution < -0.4 is 5.32 Å². The molecule has 1 N–H and O–H groups in total. The summed E-state index contributed by atoms with van der Waals surface area (Å²) >= 11 is 12.0. The van der Waals surface area contributed by atoms with Crippen LogP contribution in [0.15, 0.2) is 67.0 Å². The molecule has 4 aromatic rings. The first-order valence-electron chi connectivity index (χ1n) is 7.78. The van der Waals surface area contributed by atoms with Gasteiger partial charge in [-0.2, -0.15) is 0 Å². The summed E-state index contributed by atoms with van der Waals surface area (Å²) in [5, 5.41) is 4.89. The van der Waals surface area contributed by atoms with E-state index < -0.39 is 0 Å². The second-order valence-corrected chi connectivity index (χ2v) is 6.46. The molecule has 0 aliphatic heterocycles. The van der Waals surface area contributed by atoms with Crippen molar-refractivity contribution in [1.82, 2.24) is 14.4 Å². The number of hydrogen-bond acceptors (Lipinski definition) is 3. The van der Waals surface area contributed by atoms with Gasteiger partial charge in [0.15, 0.2) is 0 Å². The number of anilines is 1. The van der Waals surface area contributed by atoms with E-state index in [0.29, 0.717) is 17.3 Å². The van der Waals surface area contributed by atoms with E-state index in [0.717, 1.165) is 27.7 Å². The van der Waals surface area contributed by atoms with Gasteiger partial charge in [-0.3, -0.25) is 4.40 Å². The zero-order chi connectivity index (χ0) is 17.2. The van der Waals surface area contributed by atoms with E-state index in [1.165, 1.54) is 0 Å². The van der Waals surface area contributed by atoms with Gasteiger partial charge in [0.1, 0.15) is 11.5 Å². The smallest absolute Gasteiger partial charge is 0.235 e. The molecule has 2 heterocycles. The molecule has 0 saturated carbocycles. The number of nitrogens with one attached hydrogen (secondary N) is 1. The van der Waals surface area contributed by atoms with E-state index in [4.69, 9.17) is 23.2 Å². The third kappa shape index (κ3) is 3.31. The standard InChI is InChI=1S/C19H14Cl2N4/c20-15-6-2-13(3-7-15)12-23-18-17(14-4-8-16(21)9-5-14)24-19-22-10-1-11-25(18)19/h1-11,23H,12H2. The third-order valence-electron chi connectivity index (χ3n) is 3.89. The molecule has 0 aliphatic rings. The number of imidazole rings is 1. The fourth-order valence-corrected chi connectivity index (χ4v) is 2.91. The van der Waals surface area contributed by atoms with Crippen LogP contribution in [0.4, 0.5) is 5.82 Å². The van der Waals surface area contributed by atoms with Gasteiger partial charge >= 0.3 is 0 Å². The summed E-state index contributed by atoms with van der Waals surface area (Å²) in [4.78, 5) is 9.00. The molecule has 0 atom stereocenters. The van der Waals surface area contributed by atoms with E-state index in [1.807, 2.05) is 65.2 Å². The van der Waals surface area contributed by atoms with Crippen molar-refractivity contribution in [1.29, 1.82) is 0 Å². The number of nitrogens with zero attached hydrogens (tertiary/aromatic N) is 3. The van der Waals surface area contributed by atoms with E-state index >= 15 is 0 Å². The first-order chi connectivity index (χ1) is 12.2. The lowest BCUT2D eigenvalue weighted by molar-refractivity contribution is 1.06. The largest absolute Gasteiger partial charge is 0.365 e. The molecule has 25 heavy (non-hydrogen) atoms. The van der Waals surface area contributed by atoms with Gasteiger partial charge in [-0.1, -0.05) is 47.5 Å². The van der Waals surface area contributed by atoms with Gasteiger partial charge in [-0.15, -0.1) is 0 Å². The summed E-state index contributed by atoms with van der Waals surface area (Å²) in [5.74, 6) is 1.53. The van der Waals surface area contributed by atoms with Crippen molar-refractivity contribution in [3.8, 4) is 11.3 Å². The first-order valence-corrected chi connectivity index (χ1v) is 8.53. The zero-order valence-corrected chi connectivity index (χ0v) is 14.7. The monoisotopic (exact) mass is 368 g/mol. The normalized spacial score (nSPS) is 11.0. The number of fused-ring (bicyclic) bond motifs is 1. The average molecular weight is 369 g/mol. The molecular formula is C19H14Cl2N4. The Morgan fingerprint density at radius 2 is 1.60 bits per heavy atom. The summed E-state index contributed by atoms with van der Waals surface area (Å²) in [5.41, 5.74) is 2.95. The summed E-state index contributed by atoms with van der Waals surface area (Å²) in [7, 11) is 0. The molecule has 0 fully saturated rings. The molecule has 0 unspecified atom stereocenters. The van der Waals surface area contributed by atoms with Crippen molar-refractivity contribution < 1.29 is 0 Å². The van der Waals surface area contributed by atoms with Crippen LogP contribution in [0.25, 0.3) is 17.0 Å². The van der Waals surface area contributed by atoms with E-state index in [2.05, 4.69) is 15.3 Å². The molecule has 2 aromatic heterocycles. The number of halogens is 2. The van der Waals surface area contributed by atoms with Crippen LogP contribution in [0.2, 0.25) is 10.0 Å². The molecule has 4 nitrogen and oxygen atoms in total. The Morgan fingerprint density at radius 3 is 2.32 bits per heavy atom. The summed E-state index contributed by atoms with van der Waals surface area (Å²) in [6.07, 6.45) is 3.68. The Labute approximate surface area is 155 Å². The number of aromatic nitrogens is 3. The number of benzene rings is 2. The quantitative estimate of drug-likeness (QED) is 0.530. The Hall–Kier alpha value is -2.56. The topological polar surface area (TPSA) is 42.2 Å². The maximum Gasteiger partial charge on any atom is 0.235 e. The molecule has 0 saturated heterocycles. The molecule has 0 amide bonds. The van der Waals surface area contributed by atoms with Crippen LogP contribution >= 0.6 is 23.2 Å². The van der Waals surface area contributed by atoms with Crippen molar-refractivity contribution in [2.45, 2.75) is 6.54 Å². The molecule has 4 rings (SSSR count). The maximum atomic E-state index is 6.01. The second-order valence-electron chi connectivity index (χ2n) is 5.59. The fraction of sp³-hybridized carbons (Fsp3) is 0.0526. The fourth-order valence-electron chi connectivity index (χ4n) is 2.65. The van der Waals surface area contributed by atoms with Crippen LogP contribution in [0.3, 0.4) is 0 Å². The van der Waals surface area contributed by atoms with Crippen molar-refractivity contribution in [2.75, 3.05) is 5.32 Å². The van der Waals surface area contributed by atoms with Crippen molar-refractivity contribution in [2.24, 2.45) is 0 Å². The molecule has 0 spiro atoms. The summed E-state index contributed by atoms with van der Waals surface area (Å²) in [6.45, 7) is 0.653. The number of hydrogen-bond donors (Lipinski definition) is 1. The van der Waals surface area contributed by atoms with E-state index in [9.17, 15) is 0 Å². The van der Waals surface area contributed by atoms with Crippen LogP contribution in [-0.2, 0) is 6.54 Å². The zero-order valence-electron chi connectivity index (χ0n) is 13.2. The maximum absolute atomic E-state index is 6.01. The predicted octanol–water partition coefficient (Wildman–Crippen LogP) is 5.32. The average Bonchev–Trinajstić information content (AvgIpc) is 3.00. The predicted molar refractivity (Wildman–Crippen MR) is 102 cm³/mol. The lowest BCUT2D eigenvalue weighted by Crippen LogP contribution is -2.03. The van der Waals surface area contributed by atoms with Gasteiger partial charge in [0.05, 0.1) is 0 Å². The molecule has 6 heteroatoms. The Balaban J connectivity index is 1.73. The van der Waals surface area contributed by atoms with E-state index in [1.54, 1.807) is 6.20 Å². The first kappa shape index (κ1) is 15.9. The highest BCUT2D eigenvalue weighted by molar-refractivity contribution is 6.30. The minimum Gasteiger partial charge on any atom is -0.365 e. The molecule has 0 aliphatic carbocycles. The minimum atomic E-state index is 0.644. The van der Waals surface area contributed by atoms with Crippen molar-refractivity contribution in [3.05, 3.63) is 82.6 Å². The SMILES string of the molecule is Clc1ccc(CNc2c(-c3ccc(Cl)cc3)nc3ncccn23)cc1. The van der Waals surface area contributed by atoms with Crippen LogP contribution in [0.5, 0.6) is 0 Å². The lowest BCUT2D eigenvalue weighted by Gasteiger charge is -2.09. The Kier molecular flexibility index (Phi) is 4.30. The number of rotatable bonds is 4. The highest BCUT2D eigenvalue weighted by Crippen LogP contribution is 2.29. The lowest BCUT2D eigenvalue weighted by atomic mass is 10.1. The Bertz CT molecular complexity index is 1010. The second kappa shape index (κ2) is 6.75. The summed E-state index contributed by atoms with van der Waals surface area (Å²) in [6, 6.07) is 17.3. The van der Waals surface area contributed by atoms with Gasteiger partial charge < -0.3 is 5.32 Å². The highest BCUT2D eigenvalue weighted by Gasteiger charge is 2.14. The minimum absolute atomic E-state index is 0.644. The van der Waals surface area contributed by atoms with Crippen molar-refractivity contribution >= 4 is 34.8 Å². The molecule has 0 radical (unpaired) electrons. The van der Waals surface area contributed by atoms with Crippen LogP contribution in [-0.4, -0.2) is 14.4 Å². The summed E-state index contributed by atoms with van der Waals surface area (Å²) < 4.78 is 1.94. The van der Waals surface area contributed by atoms with E-state index in [-0.39, 0.29) is 0 Å². The van der Waals surface area contributed by atoms with Crippen molar-refractivity contribution in [3.63, 3.8) is 0 Å². The molecular weight excluding hydrogens is 355 g/mol. The Morgan fingerprint density at radius 1 is 0.920 bits per heavy atom. The van der Waals surface area contributed by atoms with Crippen LogP contribution in [0, 0.1) is 0 Å². The van der Waals surface area contributed by atoms with Gasteiger partial charge in [-0.05, 0) is 35.9 Å². The molecule has 0 bridgehead atoms. The van der Waals surface area contributed by atoms with Gasteiger partial charge in [-0.25, -0.2) is 9.97 Å². The third-order valence-corrected chi connectivity index (χ3v) is 4.40. The van der Waals surface area contributed by atoms with Gasteiger partial charge in [0, 0.05) is 34.5 Å². The van der Waals surface area contributed by atoms with Crippen LogP contribution in [0.1, 0.15) is 5.56 Å². The highest BCUT2D eigenvalue weighted by atomic mass is 35.5. The molecule has 2 aromatic carbocycles. The van der Waals surface area contributed by atoms with Gasteiger partial charge in [0.25, 0.3) is 0 Å². The van der Waals surface area contributed by atoms with Gasteiger partial charge in [0.2, 0.25) is 5.78 Å².